The fourth-order valence-corrected chi connectivity index (χ4v) is 3.54. The Kier molecular flexibility index (Phi) is 3.27. The fraction of sp³-hybridized carbons (Fsp3) is 0.385. The summed E-state index contributed by atoms with van der Waals surface area (Å²) in [5.74, 6) is -0.641. The van der Waals surface area contributed by atoms with Crippen LogP contribution in [0.15, 0.2) is 29.1 Å². The standard InChI is InChI=1S/C13H11F3N2O2S/c14-13(15,16)7-17-6-5-9(11(17)19)18-8-3-1-2-4-10(8)21-12(18)20/h1-4,9H,5-7H2/t9-/m0/s1. The molecule has 1 aliphatic heterocycles. The molecule has 3 rings (SSSR count). The number of carbonyl (C=O) groups excluding carboxylic acids is 1. The number of amides is 1. The Balaban J connectivity index is 1.96. The molecule has 1 aliphatic rings. The van der Waals surface area contributed by atoms with E-state index in [2.05, 4.69) is 0 Å². The second-order valence-electron chi connectivity index (χ2n) is 4.89. The molecule has 0 bridgehead atoms. The number of halogens is 3. The van der Waals surface area contributed by atoms with Crippen molar-refractivity contribution >= 4 is 27.5 Å². The summed E-state index contributed by atoms with van der Waals surface area (Å²) in [7, 11) is 0. The summed E-state index contributed by atoms with van der Waals surface area (Å²) in [6, 6.07) is 6.13. The monoisotopic (exact) mass is 316 g/mol. The largest absolute Gasteiger partial charge is 0.406 e. The number of para-hydroxylation sites is 1. The van der Waals surface area contributed by atoms with Crippen molar-refractivity contribution in [2.24, 2.45) is 0 Å². The zero-order valence-electron chi connectivity index (χ0n) is 10.8. The minimum Gasteiger partial charge on any atom is -0.332 e. The highest BCUT2D eigenvalue weighted by molar-refractivity contribution is 7.16. The van der Waals surface area contributed by atoms with Crippen molar-refractivity contribution in [3.8, 4) is 0 Å². The average Bonchev–Trinajstić information content (AvgIpc) is 2.89. The summed E-state index contributed by atoms with van der Waals surface area (Å²) in [5, 5.41) is 0. The van der Waals surface area contributed by atoms with E-state index in [-0.39, 0.29) is 17.8 Å². The number of carbonyl (C=O) groups is 1. The summed E-state index contributed by atoms with van der Waals surface area (Å²) in [4.78, 5) is 24.7. The van der Waals surface area contributed by atoms with Gasteiger partial charge in [0.1, 0.15) is 12.6 Å². The lowest BCUT2D eigenvalue weighted by molar-refractivity contribution is -0.158. The topological polar surface area (TPSA) is 42.3 Å². The molecule has 0 N–H and O–H groups in total. The molecular weight excluding hydrogens is 305 g/mol. The highest BCUT2D eigenvalue weighted by Crippen LogP contribution is 2.29. The summed E-state index contributed by atoms with van der Waals surface area (Å²) < 4.78 is 39.3. The number of nitrogens with zero attached hydrogens (tertiary/aromatic N) is 2. The number of fused-ring (bicyclic) bond motifs is 1. The van der Waals surface area contributed by atoms with Gasteiger partial charge in [-0.1, -0.05) is 23.5 Å². The molecule has 1 saturated heterocycles. The molecule has 1 atom stereocenters. The number of benzene rings is 1. The molecule has 8 heteroatoms. The van der Waals surface area contributed by atoms with E-state index < -0.39 is 24.7 Å². The normalized spacial score (nSPS) is 19.7. The Morgan fingerprint density at radius 1 is 1.24 bits per heavy atom. The first-order chi connectivity index (χ1) is 9.87. The molecule has 4 nitrogen and oxygen atoms in total. The van der Waals surface area contributed by atoms with Gasteiger partial charge >= 0.3 is 11.0 Å². The second kappa shape index (κ2) is 4.87. The zero-order chi connectivity index (χ0) is 15.2. The Morgan fingerprint density at radius 2 is 1.95 bits per heavy atom. The van der Waals surface area contributed by atoms with Gasteiger partial charge in [-0.3, -0.25) is 14.2 Å². The SMILES string of the molecule is O=C1[C@@H](n2c(=O)sc3ccccc32)CCN1CC(F)(F)F. The molecule has 0 radical (unpaired) electrons. The maximum absolute atomic E-state index is 12.4. The molecule has 0 saturated carbocycles. The number of aromatic nitrogens is 1. The van der Waals surface area contributed by atoms with Crippen LogP contribution in [0.2, 0.25) is 0 Å². The first kappa shape index (κ1) is 14.1. The van der Waals surface area contributed by atoms with Crippen molar-refractivity contribution in [3.63, 3.8) is 0 Å². The van der Waals surface area contributed by atoms with Gasteiger partial charge in [0.2, 0.25) is 5.91 Å². The van der Waals surface area contributed by atoms with Crippen LogP contribution in [0.25, 0.3) is 10.2 Å². The Bertz CT molecular complexity index is 750. The van der Waals surface area contributed by atoms with Crippen LogP contribution in [0.3, 0.4) is 0 Å². The molecule has 21 heavy (non-hydrogen) atoms. The van der Waals surface area contributed by atoms with Gasteiger partial charge in [0.05, 0.1) is 10.2 Å². The third-order valence-corrected chi connectivity index (χ3v) is 4.41. The van der Waals surface area contributed by atoms with Crippen LogP contribution in [0, 0.1) is 0 Å². The Hall–Kier alpha value is -1.83. The minimum atomic E-state index is -4.42. The lowest BCUT2D eigenvalue weighted by Crippen LogP contribution is -2.37. The number of likely N-dealkylation sites (tertiary alicyclic amines) is 1. The summed E-state index contributed by atoms with van der Waals surface area (Å²) >= 11 is 0.996. The third-order valence-electron chi connectivity index (χ3n) is 3.47. The van der Waals surface area contributed by atoms with Gasteiger partial charge < -0.3 is 4.90 Å². The molecule has 1 aromatic carbocycles. The molecule has 1 amide bonds. The van der Waals surface area contributed by atoms with Gasteiger partial charge in [0, 0.05) is 6.54 Å². The van der Waals surface area contributed by atoms with Crippen LogP contribution in [-0.4, -0.2) is 34.6 Å². The predicted octanol–water partition coefficient (Wildman–Crippen LogP) is 2.40. The molecular formula is C13H11F3N2O2S. The molecule has 1 aromatic heterocycles. The first-order valence-electron chi connectivity index (χ1n) is 6.32. The second-order valence-corrected chi connectivity index (χ2v) is 5.88. The number of alkyl halides is 3. The Labute approximate surface area is 121 Å². The van der Waals surface area contributed by atoms with E-state index in [1.807, 2.05) is 0 Å². The quantitative estimate of drug-likeness (QED) is 0.854. The maximum Gasteiger partial charge on any atom is 0.406 e. The molecule has 1 fully saturated rings. The van der Waals surface area contributed by atoms with E-state index in [1.165, 1.54) is 4.57 Å². The first-order valence-corrected chi connectivity index (χ1v) is 7.14. The van der Waals surface area contributed by atoms with E-state index >= 15 is 0 Å². The van der Waals surface area contributed by atoms with Crippen molar-refractivity contribution in [2.45, 2.75) is 18.6 Å². The number of thiazole rings is 1. The maximum atomic E-state index is 12.4. The van der Waals surface area contributed by atoms with Gasteiger partial charge in [-0.15, -0.1) is 0 Å². The molecule has 112 valence electrons. The number of hydrogen-bond donors (Lipinski definition) is 0. The van der Waals surface area contributed by atoms with Crippen LogP contribution in [0.4, 0.5) is 13.2 Å². The zero-order valence-corrected chi connectivity index (χ0v) is 11.6. The Morgan fingerprint density at radius 3 is 2.67 bits per heavy atom. The van der Waals surface area contributed by atoms with E-state index in [0.29, 0.717) is 5.52 Å². The molecule has 0 unspecified atom stereocenters. The smallest absolute Gasteiger partial charge is 0.332 e. The molecule has 2 aromatic rings. The highest BCUT2D eigenvalue weighted by Gasteiger charge is 2.40. The molecule has 0 aliphatic carbocycles. The summed E-state index contributed by atoms with van der Waals surface area (Å²) in [6.45, 7) is -1.25. The van der Waals surface area contributed by atoms with E-state index in [9.17, 15) is 22.8 Å². The lowest BCUT2D eigenvalue weighted by Gasteiger charge is -2.18. The van der Waals surface area contributed by atoms with Crippen molar-refractivity contribution in [1.82, 2.24) is 9.47 Å². The molecule has 2 heterocycles. The van der Waals surface area contributed by atoms with Crippen molar-refractivity contribution in [2.75, 3.05) is 13.1 Å². The number of rotatable bonds is 2. The van der Waals surface area contributed by atoms with Gasteiger partial charge in [-0.2, -0.15) is 13.2 Å². The van der Waals surface area contributed by atoms with Gasteiger partial charge in [0.25, 0.3) is 0 Å². The summed E-state index contributed by atoms with van der Waals surface area (Å²) in [5.41, 5.74) is 0.597. The highest BCUT2D eigenvalue weighted by atomic mass is 32.1. The minimum absolute atomic E-state index is 0.0135. The van der Waals surface area contributed by atoms with Crippen molar-refractivity contribution in [3.05, 3.63) is 33.9 Å². The average molecular weight is 316 g/mol. The lowest BCUT2D eigenvalue weighted by atomic mass is 10.2. The van der Waals surface area contributed by atoms with Gasteiger partial charge in [-0.05, 0) is 18.6 Å². The van der Waals surface area contributed by atoms with Gasteiger partial charge in [0.15, 0.2) is 0 Å². The van der Waals surface area contributed by atoms with E-state index in [0.717, 1.165) is 20.9 Å². The summed E-state index contributed by atoms with van der Waals surface area (Å²) in [6.07, 6.45) is -4.21. The van der Waals surface area contributed by atoms with Crippen LogP contribution >= 0.6 is 11.3 Å². The van der Waals surface area contributed by atoms with Crippen LogP contribution < -0.4 is 4.87 Å². The van der Waals surface area contributed by atoms with E-state index in [1.54, 1.807) is 24.3 Å². The van der Waals surface area contributed by atoms with Crippen LogP contribution in [0.1, 0.15) is 12.5 Å². The van der Waals surface area contributed by atoms with Gasteiger partial charge in [-0.25, -0.2) is 0 Å². The fourth-order valence-electron chi connectivity index (χ4n) is 2.61. The third kappa shape index (κ3) is 2.55. The van der Waals surface area contributed by atoms with Crippen LogP contribution in [-0.2, 0) is 4.79 Å². The number of hydrogen-bond acceptors (Lipinski definition) is 3. The van der Waals surface area contributed by atoms with Crippen molar-refractivity contribution < 1.29 is 18.0 Å². The molecule has 0 spiro atoms. The van der Waals surface area contributed by atoms with Crippen molar-refractivity contribution in [1.29, 1.82) is 0 Å². The predicted molar refractivity (Wildman–Crippen MR) is 72.4 cm³/mol. The van der Waals surface area contributed by atoms with Crippen LogP contribution in [0.5, 0.6) is 0 Å². The van der Waals surface area contributed by atoms with E-state index in [4.69, 9.17) is 0 Å².